The Balaban J connectivity index is 1.79. The van der Waals surface area contributed by atoms with Crippen molar-refractivity contribution in [1.29, 1.82) is 0 Å². The highest BCUT2D eigenvalue weighted by Crippen LogP contribution is 2.21. The molecule has 0 aromatic heterocycles. The minimum Gasteiger partial charge on any atom is -0.376 e. The number of nitrogens with one attached hydrogen (secondary N) is 1. The lowest BCUT2D eigenvalue weighted by atomic mass is 9.98. The summed E-state index contributed by atoms with van der Waals surface area (Å²) in [7, 11) is 0. The fraction of sp³-hybridized carbons (Fsp3) is 0.941. The van der Waals surface area contributed by atoms with Crippen molar-refractivity contribution >= 4 is 5.91 Å². The molecule has 0 bridgehead atoms. The van der Waals surface area contributed by atoms with Gasteiger partial charge in [0, 0.05) is 6.54 Å². The van der Waals surface area contributed by atoms with E-state index < -0.39 is 0 Å². The molecule has 4 heteroatoms. The molecule has 0 aromatic carbocycles. The first-order chi connectivity index (χ1) is 10.3. The summed E-state index contributed by atoms with van der Waals surface area (Å²) < 4.78 is 5.99. The van der Waals surface area contributed by atoms with E-state index in [1.807, 2.05) is 4.90 Å². The summed E-state index contributed by atoms with van der Waals surface area (Å²) >= 11 is 0. The van der Waals surface area contributed by atoms with Crippen LogP contribution in [0.15, 0.2) is 0 Å². The number of amides is 1. The summed E-state index contributed by atoms with van der Waals surface area (Å²) in [5.41, 5.74) is 0. The van der Waals surface area contributed by atoms with Gasteiger partial charge in [-0.25, -0.2) is 0 Å². The molecule has 1 aliphatic carbocycles. The van der Waals surface area contributed by atoms with E-state index in [-0.39, 0.29) is 18.1 Å². The van der Waals surface area contributed by atoms with Gasteiger partial charge >= 0.3 is 0 Å². The Morgan fingerprint density at radius 2 is 1.86 bits per heavy atom. The standard InChI is InChI=1S/C17H32N2O2/c1-3-8-15-17(20)19(16(18-15)9-4-2)12-13-21-14-10-6-5-7-11-14/h14-16,18H,3-13H2,1-2H3. The van der Waals surface area contributed by atoms with Crippen LogP contribution in [0.4, 0.5) is 0 Å². The predicted molar refractivity (Wildman–Crippen MR) is 85.1 cm³/mol. The molecule has 2 fully saturated rings. The van der Waals surface area contributed by atoms with Crippen LogP contribution in [0.5, 0.6) is 0 Å². The molecule has 2 aliphatic rings. The molecule has 4 nitrogen and oxygen atoms in total. The zero-order chi connectivity index (χ0) is 15.1. The Kier molecular flexibility index (Phi) is 6.97. The first-order valence-electron chi connectivity index (χ1n) is 8.94. The third-order valence-electron chi connectivity index (χ3n) is 4.73. The van der Waals surface area contributed by atoms with Crippen molar-refractivity contribution in [1.82, 2.24) is 10.2 Å². The SMILES string of the molecule is CCCC1NC(CCC)N(CCOC2CCCCC2)C1=O. The van der Waals surface area contributed by atoms with Crippen LogP contribution in [0.3, 0.4) is 0 Å². The second-order valence-electron chi connectivity index (χ2n) is 6.47. The normalized spacial score (nSPS) is 27.5. The molecule has 2 rings (SSSR count). The quantitative estimate of drug-likeness (QED) is 0.748. The van der Waals surface area contributed by atoms with Crippen molar-refractivity contribution in [2.75, 3.05) is 13.2 Å². The van der Waals surface area contributed by atoms with E-state index in [1.165, 1.54) is 32.1 Å². The van der Waals surface area contributed by atoms with Crippen LogP contribution in [0.1, 0.15) is 71.6 Å². The third-order valence-corrected chi connectivity index (χ3v) is 4.73. The summed E-state index contributed by atoms with van der Waals surface area (Å²) in [4.78, 5) is 14.5. The second-order valence-corrected chi connectivity index (χ2v) is 6.47. The van der Waals surface area contributed by atoms with Gasteiger partial charge in [-0.3, -0.25) is 10.1 Å². The average molecular weight is 296 g/mol. The summed E-state index contributed by atoms with van der Waals surface area (Å²) in [6, 6.07) is 0.0289. The predicted octanol–water partition coefficient (Wildman–Crippen LogP) is 3.06. The molecule has 1 heterocycles. The third kappa shape index (κ3) is 4.68. The number of carbonyl (C=O) groups excluding carboxylic acids is 1. The Labute approximate surface area is 129 Å². The van der Waals surface area contributed by atoms with Gasteiger partial charge in [0.05, 0.1) is 24.9 Å². The smallest absolute Gasteiger partial charge is 0.241 e. The molecule has 0 spiro atoms. The maximum Gasteiger partial charge on any atom is 0.241 e. The van der Waals surface area contributed by atoms with Crippen LogP contribution in [0, 0.1) is 0 Å². The summed E-state index contributed by atoms with van der Waals surface area (Å²) in [5, 5.41) is 3.50. The first kappa shape index (κ1) is 16.8. The highest BCUT2D eigenvalue weighted by Gasteiger charge is 2.37. The summed E-state index contributed by atoms with van der Waals surface area (Å²) in [6.45, 7) is 5.75. The highest BCUT2D eigenvalue weighted by atomic mass is 16.5. The first-order valence-corrected chi connectivity index (χ1v) is 8.94. The van der Waals surface area contributed by atoms with Gasteiger partial charge in [0.1, 0.15) is 0 Å². The van der Waals surface area contributed by atoms with Crippen molar-refractivity contribution in [3.63, 3.8) is 0 Å². The molecule has 2 unspecified atom stereocenters. The molecule has 1 amide bonds. The molecule has 1 saturated carbocycles. The maximum atomic E-state index is 12.5. The van der Waals surface area contributed by atoms with Crippen molar-refractivity contribution in [2.45, 2.75) is 89.9 Å². The van der Waals surface area contributed by atoms with Crippen molar-refractivity contribution in [3.05, 3.63) is 0 Å². The molecular weight excluding hydrogens is 264 g/mol. The number of carbonyl (C=O) groups is 1. The van der Waals surface area contributed by atoms with Crippen LogP contribution >= 0.6 is 0 Å². The van der Waals surface area contributed by atoms with Crippen LogP contribution in [0.25, 0.3) is 0 Å². The van der Waals surface area contributed by atoms with Gasteiger partial charge in [-0.2, -0.15) is 0 Å². The zero-order valence-corrected chi connectivity index (χ0v) is 13.8. The van der Waals surface area contributed by atoms with Gasteiger partial charge in [0.15, 0.2) is 0 Å². The van der Waals surface area contributed by atoms with Gasteiger partial charge in [0.2, 0.25) is 5.91 Å². The number of hydrogen-bond acceptors (Lipinski definition) is 3. The lowest BCUT2D eigenvalue weighted by Crippen LogP contribution is -2.39. The van der Waals surface area contributed by atoms with Gasteiger partial charge in [-0.05, 0) is 25.7 Å². The van der Waals surface area contributed by atoms with Gasteiger partial charge in [-0.15, -0.1) is 0 Å². The van der Waals surface area contributed by atoms with Gasteiger partial charge < -0.3 is 9.64 Å². The Morgan fingerprint density at radius 3 is 2.52 bits per heavy atom. The number of ether oxygens (including phenoxy) is 1. The molecule has 0 aromatic rings. The number of rotatable bonds is 8. The fourth-order valence-corrected chi connectivity index (χ4v) is 3.57. The van der Waals surface area contributed by atoms with Gasteiger partial charge in [0.25, 0.3) is 0 Å². The Bertz CT molecular complexity index is 316. The average Bonchev–Trinajstić information content (AvgIpc) is 2.78. The summed E-state index contributed by atoms with van der Waals surface area (Å²) in [5.74, 6) is 0.280. The highest BCUT2D eigenvalue weighted by molar-refractivity contribution is 5.84. The van der Waals surface area contributed by atoms with E-state index >= 15 is 0 Å². The van der Waals surface area contributed by atoms with Crippen molar-refractivity contribution < 1.29 is 9.53 Å². The minimum atomic E-state index is 0.0289. The number of hydrogen-bond donors (Lipinski definition) is 1. The minimum absolute atomic E-state index is 0.0289. The topological polar surface area (TPSA) is 41.6 Å². The molecule has 1 saturated heterocycles. The largest absolute Gasteiger partial charge is 0.376 e. The van der Waals surface area contributed by atoms with Crippen molar-refractivity contribution in [3.8, 4) is 0 Å². The Hall–Kier alpha value is -0.610. The Morgan fingerprint density at radius 1 is 1.14 bits per heavy atom. The lowest BCUT2D eigenvalue weighted by Gasteiger charge is -2.26. The van der Waals surface area contributed by atoms with E-state index in [4.69, 9.17) is 4.74 Å². The van der Waals surface area contributed by atoms with E-state index in [1.54, 1.807) is 0 Å². The fourth-order valence-electron chi connectivity index (χ4n) is 3.57. The second kappa shape index (κ2) is 8.74. The molecule has 2 atom stereocenters. The van der Waals surface area contributed by atoms with E-state index in [9.17, 15) is 4.79 Å². The van der Waals surface area contributed by atoms with Crippen LogP contribution in [0.2, 0.25) is 0 Å². The number of nitrogens with zero attached hydrogens (tertiary/aromatic N) is 1. The lowest BCUT2D eigenvalue weighted by molar-refractivity contribution is -0.131. The zero-order valence-electron chi connectivity index (χ0n) is 13.8. The molecule has 1 aliphatic heterocycles. The monoisotopic (exact) mass is 296 g/mol. The molecular formula is C17H32N2O2. The summed E-state index contributed by atoms with van der Waals surface area (Å²) in [6.07, 6.45) is 11.1. The van der Waals surface area contributed by atoms with Crippen LogP contribution in [-0.2, 0) is 9.53 Å². The van der Waals surface area contributed by atoms with E-state index in [0.29, 0.717) is 12.7 Å². The van der Waals surface area contributed by atoms with Crippen molar-refractivity contribution in [2.24, 2.45) is 0 Å². The van der Waals surface area contributed by atoms with E-state index in [0.717, 1.165) is 32.2 Å². The molecule has 1 N–H and O–H groups in total. The molecule has 122 valence electrons. The molecule has 0 radical (unpaired) electrons. The van der Waals surface area contributed by atoms with Gasteiger partial charge in [-0.1, -0.05) is 46.0 Å². The van der Waals surface area contributed by atoms with Crippen LogP contribution < -0.4 is 5.32 Å². The molecule has 21 heavy (non-hydrogen) atoms. The maximum absolute atomic E-state index is 12.5. The van der Waals surface area contributed by atoms with E-state index in [2.05, 4.69) is 19.2 Å². The van der Waals surface area contributed by atoms with Crippen LogP contribution in [-0.4, -0.2) is 42.3 Å².